The molecule has 0 bridgehead atoms. The Balaban J connectivity index is 1.54. The van der Waals surface area contributed by atoms with Gasteiger partial charge in [-0.15, -0.1) is 11.3 Å². The third kappa shape index (κ3) is 4.41. The van der Waals surface area contributed by atoms with Gasteiger partial charge in [0.25, 0.3) is 0 Å². The van der Waals surface area contributed by atoms with E-state index in [4.69, 9.17) is 0 Å². The minimum atomic E-state index is 0.904. The van der Waals surface area contributed by atoms with E-state index in [9.17, 15) is 0 Å². The van der Waals surface area contributed by atoms with Gasteiger partial charge in [0, 0.05) is 4.88 Å². The Bertz CT molecular complexity index is 289. The predicted molar refractivity (Wildman–Crippen MR) is 75.7 cm³/mol. The number of thiophene rings is 1. The quantitative estimate of drug-likeness (QED) is 0.783. The van der Waals surface area contributed by atoms with Gasteiger partial charge in [0.05, 0.1) is 0 Å². The molecule has 0 spiro atoms. The average Bonchev–Trinajstić information content (AvgIpc) is 2.88. The molecule has 1 aromatic rings. The SMILES string of the molecule is CCN1CCC(CNCCc2cccs2)CC1. The van der Waals surface area contributed by atoms with Crippen LogP contribution in [0.15, 0.2) is 17.5 Å². The first-order valence-electron chi connectivity index (χ1n) is 6.84. The van der Waals surface area contributed by atoms with Gasteiger partial charge in [-0.05, 0) is 69.4 Å². The van der Waals surface area contributed by atoms with Crippen LogP contribution in [0.1, 0.15) is 24.6 Å². The summed E-state index contributed by atoms with van der Waals surface area (Å²) in [6.45, 7) is 8.43. The summed E-state index contributed by atoms with van der Waals surface area (Å²) in [4.78, 5) is 4.06. The zero-order valence-corrected chi connectivity index (χ0v) is 11.6. The number of likely N-dealkylation sites (tertiary alicyclic amines) is 1. The molecule has 2 nitrogen and oxygen atoms in total. The van der Waals surface area contributed by atoms with Crippen LogP contribution in [0.3, 0.4) is 0 Å². The van der Waals surface area contributed by atoms with Gasteiger partial charge in [-0.3, -0.25) is 0 Å². The average molecular weight is 252 g/mol. The highest BCUT2D eigenvalue weighted by Crippen LogP contribution is 2.15. The van der Waals surface area contributed by atoms with E-state index in [1.54, 1.807) is 0 Å². The molecule has 2 heterocycles. The zero-order valence-electron chi connectivity index (χ0n) is 10.8. The van der Waals surface area contributed by atoms with Gasteiger partial charge in [0.15, 0.2) is 0 Å². The van der Waals surface area contributed by atoms with Crippen molar-refractivity contribution in [3.63, 3.8) is 0 Å². The number of nitrogens with one attached hydrogen (secondary N) is 1. The molecule has 0 atom stereocenters. The first-order chi connectivity index (χ1) is 8.38. The van der Waals surface area contributed by atoms with Gasteiger partial charge in [-0.25, -0.2) is 0 Å². The molecule has 0 saturated carbocycles. The van der Waals surface area contributed by atoms with Crippen molar-refractivity contribution in [2.75, 3.05) is 32.7 Å². The van der Waals surface area contributed by atoms with E-state index in [2.05, 4.69) is 34.7 Å². The van der Waals surface area contributed by atoms with Gasteiger partial charge >= 0.3 is 0 Å². The normalized spacial score (nSPS) is 18.6. The van der Waals surface area contributed by atoms with Crippen LogP contribution in [0.2, 0.25) is 0 Å². The fraction of sp³-hybridized carbons (Fsp3) is 0.714. The number of nitrogens with zero attached hydrogens (tertiary/aromatic N) is 1. The predicted octanol–water partition coefficient (Wildman–Crippen LogP) is 2.61. The molecule has 1 N–H and O–H groups in total. The third-order valence-electron chi connectivity index (χ3n) is 3.72. The van der Waals surface area contributed by atoms with Gasteiger partial charge in [0.1, 0.15) is 0 Å². The Hall–Kier alpha value is -0.380. The number of piperidine rings is 1. The van der Waals surface area contributed by atoms with Gasteiger partial charge in [-0.1, -0.05) is 13.0 Å². The van der Waals surface area contributed by atoms with Crippen LogP contribution >= 0.6 is 11.3 Å². The third-order valence-corrected chi connectivity index (χ3v) is 4.65. The maximum Gasteiger partial charge on any atom is 0.00578 e. The minimum Gasteiger partial charge on any atom is -0.316 e. The standard InChI is InChI=1S/C14H24N2S/c1-2-16-9-6-13(7-10-16)12-15-8-5-14-4-3-11-17-14/h3-4,11,13,15H,2,5-10,12H2,1H3. The summed E-state index contributed by atoms with van der Waals surface area (Å²) in [7, 11) is 0. The fourth-order valence-corrected chi connectivity index (χ4v) is 3.19. The van der Waals surface area contributed by atoms with Gasteiger partial charge in [0.2, 0.25) is 0 Å². The monoisotopic (exact) mass is 252 g/mol. The zero-order chi connectivity index (χ0) is 11.9. The molecule has 3 heteroatoms. The highest BCUT2D eigenvalue weighted by atomic mass is 32.1. The van der Waals surface area contributed by atoms with Gasteiger partial charge < -0.3 is 10.2 Å². The van der Waals surface area contributed by atoms with E-state index in [1.807, 2.05) is 11.3 Å². The van der Waals surface area contributed by atoms with E-state index in [0.29, 0.717) is 0 Å². The van der Waals surface area contributed by atoms with Crippen LogP contribution in [0.25, 0.3) is 0 Å². The van der Waals surface area contributed by atoms with Crippen molar-refractivity contribution in [1.29, 1.82) is 0 Å². The maximum atomic E-state index is 3.61. The Morgan fingerprint density at radius 2 is 2.24 bits per heavy atom. The summed E-state index contributed by atoms with van der Waals surface area (Å²) in [6.07, 6.45) is 3.94. The van der Waals surface area contributed by atoms with Crippen molar-refractivity contribution in [2.45, 2.75) is 26.2 Å². The van der Waals surface area contributed by atoms with E-state index >= 15 is 0 Å². The van der Waals surface area contributed by atoms with Crippen LogP contribution < -0.4 is 5.32 Å². The van der Waals surface area contributed by atoms with Crippen molar-refractivity contribution < 1.29 is 0 Å². The van der Waals surface area contributed by atoms with Gasteiger partial charge in [-0.2, -0.15) is 0 Å². The molecular weight excluding hydrogens is 228 g/mol. The van der Waals surface area contributed by atoms with Crippen LogP contribution in [0.4, 0.5) is 0 Å². The Kier molecular flexibility index (Phi) is 5.49. The highest BCUT2D eigenvalue weighted by molar-refractivity contribution is 7.09. The Morgan fingerprint density at radius 1 is 1.41 bits per heavy atom. The molecule has 2 rings (SSSR count). The van der Waals surface area contributed by atoms with Crippen molar-refractivity contribution in [3.8, 4) is 0 Å². The molecule has 17 heavy (non-hydrogen) atoms. The second-order valence-electron chi connectivity index (χ2n) is 4.91. The topological polar surface area (TPSA) is 15.3 Å². The van der Waals surface area contributed by atoms with E-state index in [1.165, 1.54) is 50.3 Å². The summed E-state index contributed by atoms with van der Waals surface area (Å²) < 4.78 is 0. The molecule has 1 aliphatic heterocycles. The van der Waals surface area contributed by atoms with Crippen molar-refractivity contribution in [3.05, 3.63) is 22.4 Å². The summed E-state index contributed by atoms with van der Waals surface area (Å²) in [6, 6.07) is 4.37. The van der Waals surface area contributed by atoms with Crippen LogP contribution in [-0.2, 0) is 6.42 Å². The smallest absolute Gasteiger partial charge is 0.00578 e. The molecule has 0 radical (unpaired) electrons. The van der Waals surface area contributed by atoms with E-state index in [0.717, 1.165) is 12.5 Å². The summed E-state index contributed by atoms with van der Waals surface area (Å²) in [5.41, 5.74) is 0. The Labute approximate surface area is 109 Å². The lowest BCUT2D eigenvalue weighted by atomic mass is 9.97. The van der Waals surface area contributed by atoms with E-state index < -0.39 is 0 Å². The molecule has 1 aromatic heterocycles. The van der Waals surface area contributed by atoms with Crippen molar-refractivity contribution >= 4 is 11.3 Å². The van der Waals surface area contributed by atoms with Crippen molar-refractivity contribution in [2.24, 2.45) is 5.92 Å². The van der Waals surface area contributed by atoms with Crippen molar-refractivity contribution in [1.82, 2.24) is 10.2 Å². The van der Waals surface area contributed by atoms with Crippen LogP contribution in [0.5, 0.6) is 0 Å². The molecule has 0 unspecified atom stereocenters. The molecule has 0 aromatic carbocycles. The summed E-state index contributed by atoms with van der Waals surface area (Å²) >= 11 is 1.87. The Morgan fingerprint density at radius 3 is 2.88 bits per heavy atom. The lowest BCUT2D eigenvalue weighted by Crippen LogP contribution is -2.37. The lowest BCUT2D eigenvalue weighted by Gasteiger charge is -2.31. The maximum absolute atomic E-state index is 3.61. The van der Waals surface area contributed by atoms with E-state index in [-0.39, 0.29) is 0 Å². The minimum absolute atomic E-state index is 0.904. The molecular formula is C14H24N2S. The first-order valence-corrected chi connectivity index (χ1v) is 7.72. The highest BCUT2D eigenvalue weighted by Gasteiger charge is 2.17. The molecule has 1 aliphatic rings. The second-order valence-corrected chi connectivity index (χ2v) is 5.94. The molecule has 1 saturated heterocycles. The fourth-order valence-electron chi connectivity index (χ4n) is 2.48. The van der Waals surface area contributed by atoms with Crippen LogP contribution in [-0.4, -0.2) is 37.6 Å². The molecule has 1 fully saturated rings. The lowest BCUT2D eigenvalue weighted by molar-refractivity contribution is 0.190. The molecule has 0 amide bonds. The molecule has 96 valence electrons. The summed E-state index contributed by atoms with van der Waals surface area (Å²) in [5.74, 6) is 0.904. The van der Waals surface area contributed by atoms with Crippen LogP contribution in [0, 0.1) is 5.92 Å². The first kappa shape index (κ1) is 13.1. The second kappa shape index (κ2) is 7.14. The number of rotatable bonds is 6. The largest absolute Gasteiger partial charge is 0.316 e. The number of hydrogen-bond donors (Lipinski definition) is 1. The summed E-state index contributed by atoms with van der Waals surface area (Å²) in [5, 5.41) is 5.78. The molecule has 0 aliphatic carbocycles. The number of hydrogen-bond acceptors (Lipinski definition) is 3.